The molecule has 1 N–H and O–H groups in total. The quantitative estimate of drug-likeness (QED) is 0.879. The molecule has 138 valence electrons. The van der Waals surface area contributed by atoms with Crippen LogP contribution in [0.5, 0.6) is 0 Å². The molecule has 0 saturated carbocycles. The smallest absolute Gasteiger partial charge is 0.390 e. The molecule has 1 spiro atoms. The minimum Gasteiger partial charge on any atom is -0.472 e. The molecule has 5 nitrogen and oxygen atoms in total. The Balaban J connectivity index is 1.37. The van der Waals surface area contributed by atoms with E-state index in [1.54, 1.807) is 6.07 Å². The van der Waals surface area contributed by atoms with Crippen LogP contribution in [0.15, 0.2) is 23.0 Å². The van der Waals surface area contributed by atoms with Gasteiger partial charge in [0.15, 0.2) is 0 Å². The Bertz CT molecular complexity index is 634. The lowest BCUT2D eigenvalue weighted by molar-refractivity contribution is -0.138. The summed E-state index contributed by atoms with van der Waals surface area (Å²) in [7, 11) is 0. The van der Waals surface area contributed by atoms with E-state index in [9.17, 15) is 18.0 Å². The molecule has 8 heteroatoms. The van der Waals surface area contributed by atoms with Crippen LogP contribution in [0.25, 0.3) is 0 Å². The number of carbonyl (C=O) groups is 1. The van der Waals surface area contributed by atoms with Crippen LogP contribution in [-0.4, -0.2) is 54.9 Å². The predicted octanol–water partition coefficient (Wildman–Crippen LogP) is 2.44. The van der Waals surface area contributed by atoms with Crippen LogP contribution in [0.2, 0.25) is 0 Å². The number of carbonyl (C=O) groups excluding carboxylic acids is 1. The number of alkyl halides is 3. The monoisotopic (exact) mass is 358 g/mol. The molecule has 3 aliphatic heterocycles. The van der Waals surface area contributed by atoms with Crippen molar-refractivity contribution in [3.8, 4) is 0 Å². The molecule has 0 radical (unpaired) electrons. The molecule has 0 unspecified atom stereocenters. The molecular formula is C17H21F3N2O3. The summed E-state index contributed by atoms with van der Waals surface area (Å²) in [5.41, 5.74) is 0.151. The van der Waals surface area contributed by atoms with Crippen molar-refractivity contribution >= 4 is 5.91 Å². The second kappa shape index (κ2) is 6.02. The first kappa shape index (κ1) is 16.9. The fraction of sp³-hybridized carbons (Fsp3) is 0.706. The van der Waals surface area contributed by atoms with E-state index in [0.717, 1.165) is 12.8 Å². The number of fused-ring (bicyclic) bond motifs is 1. The molecule has 0 aliphatic carbocycles. The third-order valence-electron chi connectivity index (χ3n) is 5.85. The van der Waals surface area contributed by atoms with Gasteiger partial charge in [0.2, 0.25) is 0 Å². The van der Waals surface area contributed by atoms with Crippen molar-refractivity contribution in [2.45, 2.75) is 37.1 Å². The van der Waals surface area contributed by atoms with E-state index < -0.39 is 12.6 Å². The van der Waals surface area contributed by atoms with Crippen LogP contribution in [0, 0.1) is 11.8 Å². The average molecular weight is 358 g/mol. The molecule has 0 aromatic carbocycles. The van der Waals surface area contributed by atoms with Crippen LogP contribution in [0.1, 0.15) is 29.6 Å². The summed E-state index contributed by atoms with van der Waals surface area (Å²) in [6.07, 6.45) is -0.178. The van der Waals surface area contributed by atoms with E-state index in [1.165, 1.54) is 12.5 Å². The van der Waals surface area contributed by atoms with Gasteiger partial charge in [0.1, 0.15) is 6.26 Å². The SMILES string of the molecule is O=C(NC[C@H]1[C@H]2CN(CCC(F)(F)F)C[C@]23CC[C@H]1O3)c1ccoc1. The fourth-order valence-corrected chi connectivity index (χ4v) is 4.72. The van der Waals surface area contributed by atoms with E-state index in [0.29, 0.717) is 25.2 Å². The van der Waals surface area contributed by atoms with E-state index in [-0.39, 0.29) is 36.0 Å². The Labute approximate surface area is 143 Å². The number of rotatable bonds is 5. The highest BCUT2D eigenvalue weighted by molar-refractivity contribution is 5.93. The van der Waals surface area contributed by atoms with Crippen molar-refractivity contribution in [3.05, 3.63) is 24.2 Å². The number of hydrogen-bond donors (Lipinski definition) is 1. The van der Waals surface area contributed by atoms with E-state index in [4.69, 9.17) is 9.15 Å². The average Bonchev–Trinajstić information content (AvgIpc) is 3.29. The molecule has 1 aromatic rings. The molecule has 4 heterocycles. The summed E-state index contributed by atoms with van der Waals surface area (Å²) in [5, 5.41) is 2.91. The second-order valence-electron chi connectivity index (χ2n) is 7.35. The van der Waals surface area contributed by atoms with Gasteiger partial charge in [-0.1, -0.05) is 0 Å². The number of amides is 1. The van der Waals surface area contributed by atoms with E-state index >= 15 is 0 Å². The molecule has 3 fully saturated rings. The molecule has 1 aromatic heterocycles. The largest absolute Gasteiger partial charge is 0.472 e. The Hall–Kier alpha value is -1.54. The van der Waals surface area contributed by atoms with Gasteiger partial charge in [0.05, 0.1) is 30.0 Å². The van der Waals surface area contributed by atoms with Crippen LogP contribution in [0.4, 0.5) is 13.2 Å². The lowest BCUT2D eigenvalue weighted by Crippen LogP contribution is -2.41. The topological polar surface area (TPSA) is 54.7 Å². The first-order chi connectivity index (χ1) is 11.9. The van der Waals surface area contributed by atoms with Gasteiger partial charge in [-0.3, -0.25) is 9.69 Å². The van der Waals surface area contributed by atoms with Crippen LogP contribution < -0.4 is 5.32 Å². The second-order valence-corrected chi connectivity index (χ2v) is 7.35. The Morgan fingerprint density at radius 3 is 3.00 bits per heavy atom. The number of nitrogens with zero attached hydrogens (tertiary/aromatic N) is 1. The fourth-order valence-electron chi connectivity index (χ4n) is 4.72. The first-order valence-electron chi connectivity index (χ1n) is 8.64. The normalized spacial score (nSPS) is 34.4. The highest BCUT2D eigenvalue weighted by Gasteiger charge is 2.62. The van der Waals surface area contributed by atoms with Crippen LogP contribution in [0.3, 0.4) is 0 Å². The number of furan rings is 1. The van der Waals surface area contributed by atoms with Crippen molar-refractivity contribution in [1.29, 1.82) is 0 Å². The molecular weight excluding hydrogens is 337 g/mol. The first-order valence-corrected chi connectivity index (χ1v) is 8.64. The molecule has 25 heavy (non-hydrogen) atoms. The van der Waals surface area contributed by atoms with Gasteiger partial charge >= 0.3 is 6.18 Å². The van der Waals surface area contributed by atoms with Gasteiger partial charge in [-0.05, 0) is 18.9 Å². The lowest BCUT2D eigenvalue weighted by Gasteiger charge is -2.29. The third-order valence-corrected chi connectivity index (χ3v) is 5.85. The maximum atomic E-state index is 12.5. The summed E-state index contributed by atoms with van der Waals surface area (Å²) < 4.78 is 48.6. The minimum atomic E-state index is -4.13. The minimum absolute atomic E-state index is 0.0177. The summed E-state index contributed by atoms with van der Waals surface area (Å²) in [4.78, 5) is 14.0. The Morgan fingerprint density at radius 1 is 1.44 bits per heavy atom. The molecule has 3 aliphatic rings. The number of halogens is 3. The number of ether oxygens (including phenoxy) is 1. The number of hydrogen-bond acceptors (Lipinski definition) is 4. The van der Waals surface area contributed by atoms with E-state index in [1.807, 2.05) is 4.90 Å². The van der Waals surface area contributed by atoms with Gasteiger partial charge < -0.3 is 14.5 Å². The number of nitrogens with one attached hydrogen (secondary N) is 1. The molecule has 1 amide bonds. The van der Waals surface area contributed by atoms with Crippen molar-refractivity contribution in [1.82, 2.24) is 10.2 Å². The zero-order chi connectivity index (χ0) is 17.7. The van der Waals surface area contributed by atoms with Crippen molar-refractivity contribution in [2.24, 2.45) is 11.8 Å². The standard InChI is InChI=1S/C17H21F3N2O3/c18-17(19,20)4-5-22-8-13-12(14-1-3-16(13,10-22)25-14)7-21-15(23)11-2-6-24-9-11/h2,6,9,12-14H,1,3-5,7-8,10H2,(H,21,23)/t12-,13+,14+,16+/m0/s1. The van der Waals surface area contributed by atoms with Gasteiger partial charge in [-0.2, -0.15) is 13.2 Å². The lowest BCUT2D eigenvalue weighted by atomic mass is 9.73. The summed E-state index contributed by atoms with van der Waals surface area (Å²) in [6, 6.07) is 1.60. The maximum absolute atomic E-state index is 12.5. The predicted molar refractivity (Wildman–Crippen MR) is 82.0 cm³/mol. The zero-order valence-electron chi connectivity index (χ0n) is 13.7. The molecule has 4 atom stereocenters. The highest BCUT2D eigenvalue weighted by Crippen LogP contribution is 2.54. The van der Waals surface area contributed by atoms with Crippen LogP contribution in [-0.2, 0) is 4.74 Å². The van der Waals surface area contributed by atoms with Crippen molar-refractivity contribution in [2.75, 3.05) is 26.2 Å². The molecule has 3 saturated heterocycles. The molecule has 4 rings (SSSR count). The van der Waals surface area contributed by atoms with Gasteiger partial charge in [0.25, 0.3) is 5.91 Å². The molecule has 2 bridgehead atoms. The number of likely N-dealkylation sites (tertiary alicyclic amines) is 1. The maximum Gasteiger partial charge on any atom is 0.390 e. The summed E-state index contributed by atoms with van der Waals surface area (Å²) >= 11 is 0. The van der Waals surface area contributed by atoms with Gasteiger partial charge in [-0.25, -0.2) is 0 Å². The van der Waals surface area contributed by atoms with Gasteiger partial charge in [-0.15, -0.1) is 0 Å². The van der Waals surface area contributed by atoms with Crippen molar-refractivity contribution < 1.29 is 27.1 Å². The third kappa shape index (κ3) is 3.17. The van der Waals surface area contributed by atoms with E-state index in [2.05, 4.69) is 5.32 Å². The van der Waals surface area contributed by atoms with Gasteiger partial charge in [0, 0.05) is 38.0 Å². The van der Waals surface area contributed by atoms with Crippen molar-refractivity contribution in [3.63, 3.8) is 0 Å². The Morgan fingerprint density at radius 2 is 2.28 bits per heavy atom. The summed E-state index contributed by atoms with van der Waals surface area (Å²) in [6.45, 7) is 1.67. The van der Waals surface area contributed by atoms with Crippen LogP contribution >= 0.6 is 0 Å². The Kier molecular flexibility index (Phi) is 4.07. The summed E-state index contributed by atoms with van der Waals surface area (Å²) in [5.74, 6) is 0.141. The zero-order valence-corrected chi connectivity index (χ0v) is 13.7. The highest BCUT2D eigenvalue weighted by atomic mass is 19.4.